The van der Waals surface area contributed by atoms with E-state index in [0.717, 1.165) is 72.0 Å². The number of nitrogens with zero attached hydrogens (tertiary/aromatic N) is 5. The van der Waals surface area contributed by atoms with Crippen LogP contribution in [-0.4, -0.2) is 24.9 Å². The van der Waals surface area contributed by atoms with Crippen molar-refractivity contribution >= 4 is 33.2 Å². The van der Waals surface area contributed by atoms with E-state index in [9.17, 15) is 0 Å². The molecule has 6 nitrogen and oxygen atoms in total. The zero-order valence-electron chi connectivity index (χ0n) is 28.4. The maximum atomic E-state index is 6.11. The Kier molecular flexibility index (Phi) is 7.36. The van der Waals surface area contributed by atoms with Crippen LogP contribution in [0.2, 0.25) is 0 Å². The van der Waals surface area contributed by atoms with Gasteiger partial charge in [0.1, 0.15) is 11.1 Å². The molecule has 10 aromatic rings. The molecular weight excluding hydrogens is 651 g/mol. The number of para-hydroxylation sites is 2. The summed E-state index contributed by atoms with van der Waals surface area (Å²) in [6.07, 6.45) is 0. The summed E-state index contributed by atoms with van der Waals surface area (Å²) in [5, 5.41) is 0.942. The Morgan fingerprint density at radius 3 is 1.40 bits per heavy atom. The van der Waals surface area contributed by atoms with E-state index in [-0.39, 0.29) is 0 Å². The minimum absolute atomic E-state index is 0.544. The van der Waals surface area contributed by atoms with Gasteiger partial charge in [0.25, 0.3) is 0 Å². The SMILES string of the molecule is c1ccc(-c2ccc(-c3nc(-c4ccccc4)nc(-c4cccc(-c5cccc(-c6ccc7oc8nc9ccccc9nc8c7c6)c5)c4)n3)cc2)cc1. The number of aromatic nitrogens is 5. The van der Waals surface area contributed by atoms with Crippen LogP contribution in [0.4, 0.5) is 0 Å². The summed E-state index contributed by atoms with van der Waals surface area (Å²) in [6.45, 7) is 0. The number of fused-ring (bicyclic) bond motifs is 4. The van der Waals surface area contributed by atoms with Crippen LogP contribution in [0.15, 0.2) is 180 Å². The Bertz CT molecular complexity index is 2940. The molecule has 0 aliphatic heterocycles. The fraction of sp³-hybridized carbons (Fsp3) is 0. The van der Waals surface area contributed by atoms with Crippen molar-refractivity contribution in [3.63, 3.8) is 0 Å². The molecule has 0 atom stereocenters. The zero-order chi connectivity index (χ0) is 35.1. The van der Waals surface area contributed by atoms with E-state index in [1.165, 1.54) is 5.56 Å². The molecule has 3 aromatic heterocycles. The number of rotatable bonds is 6. The predicted molar refractivity (Wildman–Crippen MR) is 213 cm³/mol. The van der Waals surface area contributed by atoms with Crippen molar-refractivity contribution in [1.82, 2.24) is 24.9 Å². The summed E-state index contributed by atoms with van der Waals surface area (Å²) in [5.74, 6) is 1.87. The number of benzene rings is 7. The van der Waals surface area contributed by atoms with E-state index in [1.807, 2.05) is 66.7 Å². The van der Waals surface area contributed by atoms with Gasteiger partial charge in [0.05, 0.1) is 11.0 Å². The van der Waals surface area contributed by atoms with Gasteiger partial charge in [-0.1, -0.05) is 140 Å². The van der Waals surface area contributed by atoms with Crippen LogP contribution in [0.25, 0.3) is 101 Å². The van der Waals surface area contributed by atoms with Gasteiger partial charge in [0, 0.05) is 22.1 Å². The van der Waals surface area contributed by atoms with Gasteiger partial charge in [-0.25, -0.2) is 24.9 Å². The minimum Gasteiger partial charge on any atom is -0.436 e. The van der Waals surface area contributed by atoms with Crippen LogP contribution in [0.3, 0.4) is 0 Å². The van der Waals surface area contributed by atoms with Crippen molar-refractivity contribution in [2.24, 2.45) is 0 Å². The quantitative estimate of drug-likeness (QED) is 0.174. The lowest BCUT2D eigenvalue weighted by molar-refractivity contribution is 0.655. The van der Waals surface area contributed by atoms with E-state index >= 15 is 0 Å². The molecule has 0 fully saturated rings. The highest BCUT2D eigenvalue weighted by Gasteiger charge is 2.15. The van der Waals surface area contributed by atoms with Crippen molar-refractivity contribution in [2.45, 2.75) is 0 Å². The third-order valence-electron chi connectivity index (χ3n) is 9.55. The molecule has 0 saturated carbocycles. The molecule has 0 N–H and O–H groups in total. The van der Waals surface area contributed by atoms with E-state index in [2.05, 4.69) is 109 Å². The topological polar surface area (TPSA) is 77.6 Å². The third-order valence-corrected chi connectivity index (χ3v) is 9.55. The van der Waals surface area contributed by atoms with Gasteiger partial charge in [-0.3, -0.25) is 0 Å². The van der Waals surface area contributed by atoms with Crippen molar-refractivity contribution < 1.29 is 4.42 Å². The van der Waals surface area contributed by atoms with E-state index in [1.54, 1.807) is 0 Å². The van der Waals surface area contributed by atoms with Gasteiger partial charge in [-0.15, -0.1) is 0 Å². The highest BCUT2D eigenvalue weighted by Crippen LogP contribution is 2.34. The molecule has 0 aliphatic carbocycles. The van der Waals surface area contributed by atoms with Crippen molar-refractivity contribution in [3.8, 4) is 67.5 Å². The molecule has 0 spiro atoms. The number of hydrogen-bond acceptors (Lipinski definition) is 6. The van der Waals surface area contributed by atoms with Crippen molar-refractivity contribution in [2.75, 3.05) is 0 Å². The Labute approximate surface area is 305 Å². The fourth-order valence-electron chi connectivity index (χ4n) is 6.83. The van der Waals surface area contributed by atoms with E-state index in [0.29, 0.717) is 23.2 Å². The molecule has 0 radical (unpaired) electrons. The first kappa shape index (κ1) is 30.5. The second-order valence-corrected chi connectivity index (χ2v) is 13.0. The van der Waals surface area contributed by atoms with Crippen molar-refractivity contribution in [3.05, 3.63) is 176 Å². The molecule has 10 rings (SSSR count). The molecule has 53 heavy (non-hydrogen) atoms. The normalized spacial score (nSPS) is 11.4. The summed E-state index contributed by atoms with van der Waals surface area (Å²) < 4.78 is 6.11. The lowest BCUT2D eigenvalue weighted by Gasteiger charge is -2.11. The molecule has 3 heterocycles. The lowest BCUT2D eigenvalue weighted by Crippen LogP contribution is -2.00. The second kappa shape index (κ2) is 12.8. The fourth-order valence-corrected chi connectivity index (χ4v) is 6.83. The molecule has 7 aromatic carbocycles. The first-order valence-electron chi connectivity index (χ1n) is 17.5. The number of hydrogen-bond donors (Lipinski definition) is 0. The van der Waals surface area contributed by atoms with Crippen LogP contribution in [-0.2, 0) is 0 Å². The lowest BCUT2D eigenvalue weighted by atomic mass is 9.97. The molecule has 0 bridgehead atoms. The Morgan fingerprint density at radius 2 is 0.736 bits per heavy atom. The zero-order valence-corrected chi connectivity index (χ0v) is 28.4. The molecule has 248 valence electrons. The van der Waals surface area contributed by atoms with Crippen LogP contribution in [0, 0.1) is 0 Å². The predicted octanol–water partition coefficient (Wildman–Crippen LogP) is 11.7. The summed E-state index contributed by atoms with van der Waals surface area (Å²) in [4.78, 5) is 24.6. The standard InChI is InChI=1S/C47H29N5O/c1-3-11-30(12-4-1)31-21-23-33(24-22-31)45-50-44(32-13-5-2-6-14-32)51-46(52-45)38-18-10-17-36(28-38)34-15-9-16-35(27-34)37-25-26-42-39(29-37)43-47(53-42)49-41-20-8-7-19-40(41)48-43/h1-29H. The summed E-state index contributed by atoms with van der Waals surface area (Å²) in [6, 6.07) is 59.9. The first-order chi connectivity index (χ1) is 26.2. The molecular formula is C47H29N5O. The Balaban J connectivity index is 1.02. The van der Waals surface area contributed by atoms with Crippen LogP contribution in [0.1, 0.15) is 0 Å². The summed E-state index contributed by atoms with van der Waals surface area (Å²) in [7, 11) is 0. The maximum Gasteiger partial charge on any atom is 0.246 e. The first-order valence-corrected chi connectivity index (χ1v) is 17.5. The Hall–Kier alpha value is -7.31. The van der Waals surface area contributed by atoms with Gasteiger partial charge < -0.3 is 4.42 Å². The average Bonchev–Trinajstić information content (AvgIpc) is 3.60. The van der Waals surface area contributed by atoms with Gasteiger partial charge >= 0.3 is 0 Å². The molecule has 6 heteroatoms. The molecule has 0 unspecified atom stereocenters. The van der Waals surface area contributed by atoms with Crippen LogP contribution < -0.4 is 0 Å². The van der Waals surface area contributed by atoms with E-state index in [4.69, 9.17) is 29.3 Å². The largest absolute Gasteiger partial charge is 0.436 e. The maximum absolute atomic E-state index is 6.11. The van der Waals surface area contributed by atoms with Crippen LogP contribution >= 0.6 is 0 Å². The Morgan fingerprint density at radius 1 is 0.302 bits per heavy atom. The molecule has 0 saturated heterocycles. The monoisotopic (exact) mass is 679 g/mol. The van der Waals surface area contributed by atoms with Crippen molar-refractivity contribution in [1.29, 1.82) is 0 Å². The third kappa shape index (κ3) is 5.78. The smallest absolute Gasteiger partial charge is 0.246 e. The van der Waals surface area contributed by atoms with Crippen LogP contribution in [0.5, 0.6) is 0 Å². The van der Waals surface area contributed by atoms with E-state index < -0.39 is 0 Å². The highest BCUT2D eigenvalue weighted by atomic mass is 16.3. The average molecular weight is 680 g/mol. The summed E-state index contributed by atoms with van der Waals surface area (Å²) >= 11 is 0. The minimum atomic E-state index is 0.544. The number of furan rings is 1. The molecule has 0 aliphatic rings. The molecule has 0 amide bonds. The second-order valence-electron chi connectivity index (χ2n) is 13.0. The highest BCUT2D eigenvalue weighted by molar-refractivity contribution is 6.05. The van der Waals surface area contributed by atoms with Gasteiger partial charge in [-0.2, -0.15) is 0 Å². The van der Waals surface area contributed by atoms with Gasteiger partial charge in [-0.05, 0) is 69.8 Å². The summed E-state index contributed by atoms with van der Waals surface area (Å²) in [5.41, 5.74) is 13.1. The van der Waals surface area contributed by atoms with Gasteiger partial charge in [0.15, 0.2) is 17.5 Å². The van der Waals surface area contributed by atoms with Gasteiger partial charge in [0.2, 0.25) is 5.71 Å².